The Morgan fingerprint density at radius 1 is 1.50 bits per heavy atom. The average molecular weight is 167 g/mol. The molecule has 1 aromatic carbocycles. The number of oxime groups is 1. The molecule has 0 spiro atoms. The molecule has 0 aliphatic heterocycles. The summed E-state index contributed by atoms with van der Waals surface area (Å²) in [6.45, 7) is 1.82. The number of halogens is 1. The van der Waals surface area contributed by atoms with Gasteiger partial charge in [0.05, 0.1) is 6.21 Å². The molecule has 0 aliphatic carbocycles. The third-order valence-electron chi connectivity index (χ3n) is 1.53. The van der Waals surface area contributed by atoms with Crippen molar-refractivity contribution >= 4 is 6.21 Å². The van der Waals surface area contributed by atoms with E-state index in [0.717, 1.165) is 11.1 Å². The first-order valence-electron chi connectivity index (χ1n) is 3.56. The van der Waals surface area contributed by atoms with Crippen LogP contribution in [0, 0.1) is 12.7 Å². The standard InChI is InChI=1S/C9H10FNO/c1-7-5-9(10)4-3-8(7)6-11-12-2/h3-6H,1-2H3/b11-6+. The molecule has 0 saturated heterocycles. The topological polar surface area (TPSA) is 21.6 Å². The fourth-order valence-electron chi connectivity index (χ4n) is 0.893. The molecule has 0 bridgehead atoms. The van der Waals surface area contributed by atoms with Crippen molar-refractivity contribution in [2.45, 2.75) is 6.92 Å². The molecular formula is C9H10FNO. The third-order valence-corrected chi connectivity index (χ3v) is 1.53. The molecule has 0 fully saturated rings. The number of rotatable bonds is 2. The van der Waals surface area contributed by atoms with Gasteiger partial charge in [-0.3, -0.25) is 0 Å². The summed E-state index contributed by atoms with van der Waals surface area (Å²) in [5.74, 6) is -0.234. The predicted octanol–water partition coefficient (Wildman–Crippen LogP) is 2.11. The van der Waals surface area contributed by atoms with Crippen LogP contribution >= 0.6 is 0 Å². The molecule has 0 aliphatic rings. The lowest BCUT2D eigenvalue weighted by molar-refractivity contribution is 0.215. The van der Waals surface area contributed by atoms with Crippen LogP contribution in [0.3, 0.4) is 0 Å². The lowest BCUT2D eigenvalue weighted by Gasteiger charge is -1.97. The lowest BCUT2D eigenvalue weighted by Crippen LogP contribution is -1.88. The molecule has 0 N–H and O–H groups in total. The Bertz CT molecular complexity index is 297. The van der Waals surface area contributed by atoms with Crippen molar-refractivity contribution in [3.05, 3.63) is 35.1 Å². The maximum Gasteiger partial charge on any atom is 0.123 e. The molecule has 64 valence electrons. The van der Waals surface area contributed by atoms with Gasteiger partial charge < -0.3 is 4.84 Å². The lowest BCUT2D eigenvalue weighted by atomic mass is 10.1. The molecule has 0 unspecified atom stereocenters. The van der Waals surface area contributed by atoms with E-state index in [1.807, 2.05) is 6.92 Å². The summed E-state index contributed by atoms with van der Waals surface area (Å²) < 4.78 is 12.6. The molecule has 0 heterocycles. The highest BCUT2D eigenvalue weighted by Crippen LogP contribution is 2.07. The number of hydrogen-bond donors (Lipinski definition) is 0. The monoisotopic (exact) mass is 167 g/mol. The summed E-state index contributed by atoms with van der Waals surface area (Å²) >= 11 is 0. The summed E-state index contributed by atoms with van der Waals surface area (Å²) in [4.78, 5) is 4.51. The SMILES string of the molecule is CO/N=C/c1ccc(F)cc1C. The number of hydrogen-bond acceptors (Lipinski definition) is 2. The van der Waals surface area contributed by atoms with E-state index >= 15 is 0 Å². The van der Waals surface area contributed by atoms with Gasteiger partial charge in [0.25, 0.3) is 0 Å². The molecule has 1 aromatic rings. The van der Waals surface area contributed by atoms with Gasteiger partial charge in [0.2, 0.25) is 0 Å². The van der Waals surface area contributed by atoms with Crippen LogP contribution in [0.1, 0.15) is 11.1 Å². The van der Waals surface area contributed by atoms with E-state index < -0.39 is 0 Å². The third kappa shape index (κ3) is 2.05. The largest absolute Gasteiger partial charge is 0.399 e. The quantitative estimate of drug-likeness (QED) is 0.488. The Balaban J connectivity index is 2.94. The van der Waals surface area contributed by atoms with Gasteiger partial charge in [-0.15, -0.1) is 0 Å². The van der Waals surface area contributed by atoms with Gasteiger partial charge in [0, 0.05) is 0 Å². The Morgan fingerprint density at radius 2 is 2.25 bits per heavy atom. The second kappa shape index (κ2) is 3.85. The molecule has 0 amide bonds. The smallest absolute Gasteiger partial charge is 0.123 e. The van der Waals surface area contributed by atoms with Crippen molar-refractivity contribution in [2.75, 3.05) is 7.11 Å². The van der Waals surface area contributed by atoms with Gasteiger partial charge in [-0.05, 0) is 30.2 Å². The minimum Gasteiger partial charge on any atom is -0.399 e. The van der Waals surface area contributed by atoms with E-state index in [-0.39, 0.29) is 5.82 Å². The molecule has 3 heteroatoms. The molecular weight excluding hydrogens is 157 g/mol. The maximum absolute atomic E-state index is 12.6. The van der Waals surface area contributed by atoms with Crippen LogP contribution in [0.15, 0.2) is 23.4 Å². The zero-order valence-corrected chi connectivity index (χ0v) is 7.04. The predicted molar refractivity (Wildman–Crippen MR) is 45.7 cm³/mol. The second-order valence-electron chi connectivity index (χ2n) is 2.42. The summed E-state index contributed by atoms with van der Waals surface area (Å²) in [6, 6.07) is 4.51. The minimum absolute atomic E-state index is 0.234. The van der Waals surface area contributed by atoms with Gasteiger partial charge in [-0.2, -0.15) is 0 Å². The van der Waals surface area contributed by atoms with Crippen LogP contribution in [0.2, 0.25) is 0 Å². The molecule has 0 saturated carbocycles. The molecule has 1 rings (SSSR count). The highest BCUT2D eigenvalue weighted by atomic mass is 19.1. The van der Waals surface area contributed by atoms with Gasteiger partial charge in [0.15, 0.2) is 0 Å². The fourth-order valence-corrected chi connectivity index (χ4v) is 0.893. The Morgan fingerprint density at radius 3 is 2.83 bits per heavy atom. The summed E-state index contributed by atoms with van der Waals surface area (Å²) in [7, 11) is 1.47. The molecule has 0 aromatic heterocycles. The zero-order chi connectivity index (χ0) is 8.97. The Hall–Kier alpha value is -1.38. The van der Waals surface area contributed by atoms with E-state index in [2.05, 4.69) is 9.99 Å². The van der Waals surface area contributed by atoms with Crippen molar-refractivity contribution in [2.24, 2.45) is 5.16 Å². The van der Waals surface area contributed by atoms with Crippen LogP contribution in [0.25, 0.3) is 0 Å². The van der Waals surface area contributed by atoms with E-state index in [1.165, 1.54) is 19.2 Å². The van der Waals surface area contributed by atoms with Crippen LogP contribution in [0.4, 0.5) is 4.39 Å². The Kier molecular flexibility index (Phi) is 2.80. The normalized spacial score (nSPS) is 10.6. The van der Waals surface area contributed by atoms with Crippen molar-refractivity contribution < 1.29 is 9.23 Å². The summed E-state index contributed by atoms with van der Waals surface area (Å²) in [5, 5.41) is 3.59. The zero-order valence-electron chi connectivity index (χ0n) is 7.04. The first-order valence-corrected chi connectivity index (χ1v) is 3.56. The van der Waals surface area contributed by atoms with E-state index in [4.69, 9.17) is 0 Å². The highest BCUT2D eigenvalue weighted by molar-refractivity contribution is 5.81. The van der Waals surface area contributed by atoms with Crippen LogP contribution in [0.5, 0.6) is 0 Å². The van der Waals surface area contributed by atoms with Crippen molar-refractivity contribution in [1.29, 1.82) is 0 Å². The van der Waals surface area contributed by atoms with Crippen molar-refractivity contribution in [3.63, 3.8) is 0 Å². The minimum atomic E-state index is -0.234. The van der Waals surface area contributed by atoms with Crippen LogP contribution in [-0.2, 0) is 4.84 Å². The van der Waals surface area contributed by atoms with Gasteiger partial charge in [0.1, 0.15) is 12.9 Å². The van der Waals surface area contributed by atoms with Crippen molar-refractivity contribution in [3.8, 4) is 0 Å². The second-order valence-corrected chi connectivity index (χ2v) is 2.42. The summed E-state index contributed by atoms with van der Waals surface area (Å²) in [6.07, 6.45) is 1.55. The Labute approximate surface area is 70.7 Å². The first-order chi connectivity index (χ1) is 5.74. The molecule has 0 atom stereocenters. The van der Waals surface area contributed by atoms with Gasteiger partial charge in [-0.1, -0.05) is 11.2 Å². The summed E-state index contributed by atoms with van der Waals surface area (Å²) in [5.41, 5.74) is 1.70. The maximum atomic E-state index is 12.6. The van der Waals surface area contributed by atoms with Gasteiger partial charge >= 0.3 is 0 Å². The van der Waals surface area contributed by atoms with Gasteiger partial charge in [-0.25, -0.2) is 4.39 Å². The van der Waals surface area contributed by atoms with Crippen molar-refractivity contribution in [1.82, 2.24) is 0 Å². The van der Waals surface area contributed by atoms with E-state index in [0.29, 0.717) is 0 Å². The average Bonchev–Trinajstić information content (AvgIpc) is 2.03. The molecule has 2 nitrogen and oxygen atoms in total. The van der Waals surface area contributed by atoms with E-state index in [1.54, 1.807) is 12.3 Å². The molecule has 0 radical (unpaired) electrons. The number of nitrogens with zero attached hydrogens (tertiary/aromatic N) is 1. The van der Waals surface area contributed by atoms with E-state index in [9.17, 15) is 4.39 Å². The highest BCUT2D eigenvalue weighted by Gasteiger charge is 1.96. The first kappa shape index (κ1) is 8.71. The molecule has 12 heavy (non-hydrogen) atoms. The fraction of sp³-hybridized carbons (Fsp3) is 0.222. The number of aryl methyl sites for hydroxylation is 1. The van der Waals surface area contributed by atoms with Crippen LogP contribution < -0.4 is 0 Å². The van der Waals surface area contributed by atoms with Crippen LogP contribution in [-0.4, -0.2) is 13.3 Å². The number of benzene rings is 1.